The van der Waals surface area contributed by atoms with Gasteiger partial charge in [0.25, 0.3) is 0 Å². The van der Waals surface area contributed by atoms with Crippen molar-refractivity contribution in [2.75, 3.05) is 13.2 Å². The molecule has 0 saturated carbocycles. The number of hydrogen-bond acceptors (Lipinski definition) is 3. The molecular formula is C13H19N3OS. The number of hydrogen-bond donors (Lipinski definition) is 2. The van der Waals surface area contributed by atoms with Crippen LogP contribution in [0.25, 0.3) is 0 Å². The predicted molar refractivity (Wildman–Crippen MR) is 79.2 cm³/mol. The van der Waals surface area contributed by atoms with E-state index in [1.165, 1.54) is 0 Å². The van der Waals surface area contributed by atoms with Crippen LogP contribution in [0.5, 0.6) is 5.75 Å². The van der Waals surface area contributed by atoms with Crippen LogP contribution in [0.3, 0.4) is 0 Å². The summed E-state index contributed by atoms with van der Waals surface area (Å²) in [5.74, 6) is 0.857. The molecule has 0 aliphatic heterocycles. The first-order chi connectivity index (χ1) is 8.76. The highest BCUT2D eigenvalue weighted by molar-refractivity contribution is 7.80. The number of nitrogens with zero attached hydrogens (tertiary/aromatic N) is 1. The molecule has 5 heteroatoms. The summed E-state index contributed by atoms with van der Waals surface area (Å²) in [7, 11) is 0. The van der Waals surface area contributed by atoms with Gasteiger partial charge in [-0.25, -0.2) is 0 Å². The molecular weight excluding hydrogens is 246 g/mol. The van der Waals surface area contributed by atoms with Gasteiger partial charge in [-0.05, 0) is 43.3 Å². The highest BCUT2D eigenvalue weighted by Gasteiger charge is 1.94. The topological polar surface area (TPSA) is 45.6 Å². The molecule has 1 aromatic rings. The summed E-state index contributed by atoms with van der Waals surface area (Å²) < 4.78 is 5.54. The lowest BCUT2D eigenvalue weighted by molar-refractivity contribution is 0.317. The van der Waals surface area contributed by atoms with Crippen LogP contribution in [0.4, 0.5) is 0 Å². The lowest BCUT2D eigenvalue weighted by Crippen LogP contribution is -2.31. The SMILES string of the molecule is CCCOc1cccc(C=NNC(=S)NCC)c1. The highest BCUT2D eigenvalue weighted by atomic mass is 32.1. The van der Waals surface area contributed by atoms with Gasteiger partial charge in [0.05, 0.1) is 12.8 Å². The molecule has 0 aliphatic rings. The fourth-order valence-corrected chi connectivity index (χ4v) is 1.47. The number of thiocarbonyl (C=S) groups is 1. The second-order valence-electron chi connectivity index (χ2n) is 3.65. The predicted octanol–water partition coefficient (Wildman–Crippen LogP) is 2.29. The summed E-state index contributed by atoms with van der Waals surface area (Å²) in [4.78, 5) is 0. The molecule has 4 nitrogen and oxygen atoms in total. The summed E-state index contributed by atoms with van der Waals surface area (Å²) in [6, 6.07) is 7.77. The van der Waals surface area contributed by atoms with Gasteiger partial charge in [0.2, 0.25) is 0 Å². The van der Waals surface area contributed by atoms with Crippen LogP contribution >= 0.6 is 12.2 Å². The van der Waals surface area contributed by atoms with Crippen LogP contribution in [0.2, 0.25) is 0 Å². The van der Waals surface area contributed by atoms with E-state index in [4.69, 9.17) is 17.0 Å². The molecule has 2 N–H and O–H groups in total. The van der Waals surface area contributed by atoms with Crippen LogP contribution in [-0.2, 0) is 0 Å². The molecule has 0 saturated heterocycles. The van der Waals surface area contributed by atoms with E-state index >= 15 is 0 Å². The molecule has 0 radical (unpaired) electrons. The Morgan fingerprint density at radius 2 is 2.28 bits per heavy atom. The number of nitrogens with one attached hydrogen (secondary N) is 2. The molecule has 0 atom stereocenters. The van der Waals surface area contributed by atoms with Crippen molar-refractivity contribution < 1.29 is 4.74 Å². The highest BCUT2D eigenvalue weighted by Crippen LogP contribution is 2.12. The summed E-state index contributed by atoms with van der Waals surface area (Å²) in [5.41, 5.74) is 3.71. The smallest absolute Gasteiger partial charge is 0.186 e. The van der Waals surface area contributed by atoms with Gasteiger partial charge in [-0.1, -0.05) is 19.1 Å². The Hall–Kier alpha value is -1.62. The number of rotatable bonds is 6. The monoisotopic (exact) mass is 265 g/mol. The summed E-state index contributed by atoms with van der Waals surface area (Å²) in [6.07, 6.45) is 2.71. The van der Waals surface area contributed by atoms with Crippen molar-refractivity contribution in [3.05, 3.63) is 29.8 Å². The minimum Gasteiger partial charge on any atom is -0.494 e. The van der Waals surface area contributed by atoms with Gasteiger partial charge in [0.1, 0.15) is 5.75 Å². The quantitative estimate of drug-likeness (QED) is 0.470. The first-order valence-corrected chi connectivity index (χ1v) is 6.46. The van der Waals surface area contributed by atoms with E-state index in [2.05, 4.69) is 22.8 Å². The van der Waals surface area contributed by atoms with Crippen LogP contribution in [0, 0.1) is 0 Å². The molecule has 0 aromatic heterocycles. The third kappa shape index (κ3) is 5.63. The Balaban J connectivity index is 2.50. The Labute approximate surface area is 113 Å². The van der Waals surface area contributed by atoms with E-state index < -0.39 is 0 Å². The Kier molecular flexibility index (Phi) is 6.79. The van der Waals surface area contributed by atoms with Gasteiger partial charge in [0.15, 0.2) is 5.11 Å². The van der Waals surface area contributed by atoms with Crippen molar-refractivity contribution in [2.24, 2.45) is 5.10 Å². The number of ether oxygens (including phenoxy) is 1. The third-order valence-corrected chi connectivity index (χ3v) is 2.28. The van der Waals surface area contributed by atoms with Gasteiger partial charge in [-0.15, -0.1) is 0 Å². The average Bonchev–Trinajstić information content (AvgIpc) is 2.37. The fraction of sp³-hybridized carbons (Fsp3) is 0.385. The summed E-state index contributed by atoms with van der Waals surface area (Å²) >= 11 is 4.99. The Bertz CT molecular complexity index is 407. The van der Waals surface area contributed by atoms with Gasteiger partial charge >= 0.3 is 0 Å². The van der Waals surface area contributed by atoms with Crippen LogP contribution in [0.15, 0.2) is 29.4 Å². The molecule has 18 heavy (non-hydrogen) atoms. The maximum Gasteiger partial charge on any atom is 0.186 e. The fourth-order valence-electron chi connectivity index (χ4n) is 1.27. The van der Waals surface area contributed by atoms with Gasteiger partial charge in [0, 0.05) is 6.54 Å². The van der Waals surface area contributed by atoms with Crippen molar-refractivity contribution >= 4 is 23.5 Å². The molecule has 0 fully saturated rings. The average molecular weight is 265 g/mol. The minimum atomic E-state index is 0.520. The Morgan fingerprint density at radius 1 is 1.44 bits per heavy atom. The minimum absolute atomic E-state index is 0.520. The van der Waals surface area contributed by atoms with Gasteiger partial charge < -0.3 is 10.1 Å². The largest absolute Gasteiger partial charge is 0.494 e. The van der Waals surface area contributed by atoms with Crippen molar-refractivity contribution in [1.82, 2.24) is 10.7 Å². The standard InChI is InChI=1S/C13H19N3OS/c1-3-8-17-12-7-5-6-11(9-12)10-15-16-13(18)14-4-2/h5-7,9-10H,3-4,8H2,1-2H3,(H2,14,16,18). The first-order valence-electron chi connectivity index (χ1n) is 6.06. The molecule has 0 heterocycles. The number of benzene rings is 1. The van der Waals surface area contributed by atoms with E-state index in [9.17, 15) is 0 Å². The molecule has 98 valence electrons. The lowest BCUT2D eigenvalue weighted by Gasteiger charge is -2.05. The van der Waals surface area contributed by atoms with Gasteiger partial charge in [-0.2, -0.15) is 5.10 Å². The van der Waals surface area contributed by atoms with Crippen LogP contribution in [-0.4, -0.2) is 24.5 Å². The van der Waals surface area contributed by atoms with E-state index in [0.29, 0.717) is 5.11 Å². The first kappa shape index (κ1) is 14.4. The van der Waals surface area contributed by atoms with Crippen molar-refractivity contribution in [3.63, 3.8) is 0 Å². The summed E-state index contributed by atoms with van der Waals surface area (Å²) in [6.45, 7) is 5.56. The maximum atomic E-state index is 5.54. The molecule has 0 aliphatic carbocycles. The lowest BCUT2D eigenvalue weighted by atomic mass is 10.2. The molecule has 0 amide bonds. The molecule has 0 bridgehead atoms. The van der Waals surface area contributed by atoms with Crippen molar-refractivity contribution in [1.29, 1.82) is 0 Å². The zero-order valence-corrected chi connectivity index (χ0v) is 11.6. The maximum absolute atomic E-state index is 5.54. The van der Waals surface area contributed by atoms with E-state index in [0.717, 1.165) is 30.9 Å². The van der Waals surface area contributed by atoms with Crippen LogP contribution < -0.4 is 15.5 Å². The molecule has 1 rings (SSSR count). The van der Waals surface area contributed by atoms with E-state index in [-0.39, 0.29) is 0 Å². The van der Waals surface area contributed by atoms with Crippen LogP contribution in [0.1, 0.15) is 25.8 Å². The molecule has 0 spiro atoms. The van der Waals surface area contributed by atoms with Crippen molar-refractivity contribution in [3.8, 4) is 5.75 Å². The second-order valence-corrected chi connectivity index (χ2v) is 4.06. The normalized spacial score (nSPS) is 10.3. The number of hydrazone groups is 1. The molecule has 1 aromatic carbocycles. The molecule has 0 unspecified atom stereocenters. The zero-order valence-electron chi connectivity index (χ0n) is 10.8. The van der Waals surface area contributed by atoms with Crippen molar-refractivity contribution in [2.45, 2.75) is 20.3 Å². The van der Waals surface area contributed by atoms with Gasteiger partial charge in [-0.3, -0.25) is 5.43 Å². The Morgan fingerprint density at radius 3 is 3.00 bits per heavy atom. The summed E-state index contributed by atoms with van der Waals surface area (Å²) in [5, 5.41) is 7.52. The van der Waals surface area contributed by atoms with E-state index in [1.54, 1.807) is 6.21 Å². The third-order valence-electron chi connectivity index (χ3n) is 2.05. The zero-order chi connectivity index (χ0) is 13.2. The van der Waals surface area contributed by atoms with E-state index in [1.807, 2.05) is 31.2 Å². The second kappa shape index (κ2) is 8.47.